The molecule has 0 aliphatic rings. The van der Waals surface area contributed by atoms with Crippen LogP contribution in [0.5, 0.6) is 0 Å². The highest BCUT2D eigenvalue weighted by molar-refractivity contribution is 9.10. The predicted molar refractivity (Wildman–Crippen MR) is 93.6 cm³/mol. The SMILES string of the molecule is CCCn1c(C(CN)CC(C)(C)C)nc2cc(Br)ccc21. The molecule has 21 heavy (non-hydrogen) atoms. The number of fused-ring (bicyclic) bond motifs is 1. The van der Waals surface area contributed by atoms with Gasteiger partial charge in [0.05, 0.1) is 11.0 Å². The fraction of sp³-hybridized carbons (Fsp3) is 0.588. The van der Waals surface area contributed by atoms with Gasteiger partial charge in [-0.15, -0.1) is 0 Å². The van der Waals surface area contributed by atoms with Crippen LogP contribution in [0.1, 0.15) is 52.3 Å². The molecule has 4 heteroatoms. The maximum atomic E-state index is 6.07. The molecule has 1 aromatic carbocycles. The van der Waals surface area contributed by atoms with Gasteiger partial charge in [0.25, 0.3) is 0 Å². The van der Waals surface area contributed by atoms with Gasteiger partial charge in [0.2, 0.25) is 0 Å². The summed E-state index contributed by atoms with van der Waals surface area (Å²) in [4.78, 5) is 4.90. The monoisotopic (exact) mass is 351 g/mol. The van der Waals surface area contributed by atoms with E-state index in [1.165, 1.54) is 5.52 Å². The van der Waals surface area contributed by atoms with Gasteiger partial charge in [-0.3, -0.25) is 0 Å². The lowest BCUT2D eigenvalue weighted by atomic mass is 9.84. The van der Waals surface area contributed by atoms with E-state index in [2.05, 4.69) is 66.4 Å². The summed E-state index contributed by atoms with van der Waals surface area (Å²) in [5.41, 5.74) is 8.58. The van der Waals surface area contributed by atoms with Crippen molar-refractivity contribution in [1.29, 1.82) is 0 Å². The van der Waals surface area contributed by atoms with E-state index in [9.17, 15) is 0 Å². The Balaban J connectivity index is 2.52. The van der Waals surface area contributed by atoms with Gasteiger partial charge in [0.1, 0.15) is 5.82 Å². The highest BCUT2D eigenvalue weighted by atomic mass is 79.9. The van der Waals surface area contributed by atoms with Crippen LogP contribution in [0.15, 0.2) is 22.7 Å². The van der Waals surface area contributed by atoms with Crippen molar-refractivity contribution in [1.82, 2.24) is 9.55 Å². The lowest BCUT2D eigenvalue weighted by Crippen LogP contribution is -2.22. The van der Waals surface area contributed by atoms with E-state index in [0.29, 0.717) is 12.5 Å². The van der Waals surface area contributed by atoms with Crippen molar-refractivity contribution in [3.63, 3.8) is 0 Å². The van der Waals surface area contributed by atoms with E-state index in [1.54, 1.807) is 0 Å². The van der Waals surface area contributed by atoms with E-state index in [-0.39, 0.29) is 5.41 Å². The summed E-state index contributed by atoms with van der Waals surface area (Å²) in [6.07, 6.45) is 2.15. The molecule has 1 heterocycles. The summed E-state index contributed by atoms with van der Waals surface area (Å²) < 4.78 is 3.42. The maximum Gasteiger partial charge on any atom is 0.114 e. The van der Waals surface area contributed by atoms with Crippen LogP contribution in [0.3, 0.4) is 0 Å². The Bertz CT molecular complexity index is 610. The van der Waals surface area contributed by atoms with Gasteiger partial charge < -0.3 is 10.3 Å². The average Bonchev–Trinajstić information content (AvgIpc) is 2.73. The Morgan fingerprint density at radius 1 is 1.33 bits per heavy atom. The molecule has 0 fully saturated rings. The zero-order valence-corrected chi connectivity index (χ0v) is 15.1. The summed E-state index contributed by atoms with van der Waals surface area (Å²) in [5, 5.41) is 0. The first-order chi connectivity index (χ1) is 9.85. The number of rotatable bonds is 5. The molecule has 0 amide bonds. The van der Waals surface area contributed by atoms with Crippen LogP contribution >= 0.6 is 15.9 Å². The smallest absolute Gasteiger partial charge is 0.114 e. The first kappa shape index (κ1) is 16.5. The summed E-state index contributed by atoms with van der Waals surface area (Å²) >= 11 is 3.53. The molecule has 2 N–H and O–H groups in total. The number of halogens is 1. The second-order valence-corrected chi connectivity index (χ2v) is 7.87. The Labute approximate surface area is 136 Å². The topological polar surface area (TPSA) is 43.8 Å². The maximum absolute atomic E-state index is 6.07. The van der Waals surface area contributed by atoms with Crippen LogP contribution in [0.2, 0.25) is 0 Å². The number of aromatic nitrogens is 2. The van der Waals surface area contributed by atoms with Crippen LogP contribution in [-0.2, 0) is 6.54 Å². The molecular formula is C17H26BrN3. The van der Waals surface area contributed by atoms with Gasteiger partial charge in [-0.05, 0) is 36.5 Å². The van der Waals surface area contributed by atoms with E-state index in [4.69, 9.17) is 10.7 Å². The second-order valence-electron chi connectivity index (χ2n) is 6.95. The van der Waals surface area contributed by atoms with Gasteiger partial charge in [-0.25, -0.2) is 4.98 Å². The molecule has 3 nitrogen and oxygen atoms in total. The third kappa shape index (κ3) is 3.86. The van der Waals surface area contributed by atoms with Crippen LogP contribution in [0, 0.1) is 5.41 Å². The number of aryl methyl sites for hydroxylation is 1. The molecule has 0 saturated carbocycles. The van der Waals surface area contributed by atoms with Gasteiger partial charge in [-0.1, -0.05) is 43.6 Å². The largest absolute Gasteiger partial charge is 0.330 e. The Morgan fingerprint density at radius 2 is 2.05 bits per heavy atom. The van der Waals surface area contributed by atoms with Crippen LogP contribution in [0.4, 0.5) is 0 Å². The molecule has 1 atom stereocenters. The van der Waals surface area contributed by atoms with Gasteiger partial charge in [0.15, 0.2) is 0 Å². The standard InChI is InChI=1S/C17H26BrN3/c1-5-8-21-15-7-6-13(18)9-14(15)20-16(21)12(11-19)10-17(2,3)4/h6-7,9,12H,5,8,10-11,19H2,1-4H3. The number of nitrogens with two attached hydrogens (primary N) is 1. The molecule has 0 spiro atoms. The third-order valence-electron chi connectivity index (χ3n) is 3.70. The first-order valence-corrected chi connectivity index (χ1v) is 8.50. The Kier molecular flexibility index (Phi) is 5.10. The minimum Gasteiger partial charge on any atom is -0.330 e. The van der Waals surface area contributed by atoms with Gasteiger partial charge in [0, 0.05) is 23.5 Å². The third-order valence-corrected chi connectivity index (χ3v) is 4.19. The fourth-order valence-electron chi connectivity index (χ4n) is 2.91. The molecule has 0 bridgehead atoms. The highest BCUT2D eigenvalue weighted by Gasteiger charge is 2.24. The van der Waals surface area contributed by atoms with Crippen molar-refractivity contribution in [3.8, 4) is 0 Å². The highest BCUT2D eigenvalue weighted by Crippen LogP contribution is 2.32. The predicted octanol–water partition coefficient (Wildman–Crippen LogP) is 4.69. The number of imidazole rings is 1. The molecular weight excluding hydrogens is 326 g/mol. The molecule has 1 aromatic heterocycles. The van der Waals surface area contributed by atoms with E-state index < -0.39 is 0 Å². The molecule has 116 valence electrons. The van der Waals surface area contributed by atoms with Crippen LogP contribution in [0.25, 0.3) is 11.0 Å². The number of hydrogen-bond donors (Lipinski definition) is 1. The van der Waals surface area contributed by atoms with E-state index in [1.807, 2.05) is 0 Å². The quantitative estimate of drug-likeness (QED) is 0.849. The zero-order chi connectivity index (χ0) is 15.6. The molecule has 1 unspecified atom stereocenters. The fourth-order valence-corrected chi connectivity index (χ4v) is 3.26. The minimum absolute atomic E-state index is 0.250. The Morgan fingerprint density at radius 3 is 2.62 bits per heavy atom. The van der Waals surface area contributed by atoms with Crippen molar-refractivity contribution in [2.24, 2.45) is 11.1 Å². The van der Waals surface area contributed by atoms with E-state index >= 15 is 0 Å². The van der Waals surface area contributed by atoms with Gasteiger partial charge >= 0.3 is 0 Å². The van der Waals surface area contributed by atoms with Crippen molar-refractivity contribution < 1.29 is 0 Å². The molecule has 0 radical (unpaired) electrons. The summed E-state index contributed by atoms with van der Waals surface area (Å²) in [5.74, 6) is 1.45. The minimum atomic E-state index is 0.250. The average molecular weight is 352 g/mol. The van der Waals surface area contributed by atoms with Crippen molar-refractivity contribution in [2.45, 2.75) is 53.0 Å². The normalized spacial score (nSPS) is 13.8. The molecule has 0 saturated heterocycles. The summed E-state index contributed by atoms with van der Waals surface area (Å²) in [6.45, 7) is 10.6. The zero-order valence-electron chi connectivity index (χ0n) is 13.5. The molecule has 0 aliphatic heterocycles. The number of hydrogen-bond acceptors (Lipinski definition) is 2. The Hall–Kier alpha value is -0.870. The second kappa shape index (κ2) is 6.49. The van der Waals surface area contributed by atoms with Crippen LogP contribution in [-0.4, -0.2) is 16.1 Å². The summed E-state index contributed by atoms with van der Waals surface area (Å²) in [6, 6.07) is 6.33. The van der Waals surface area contributed by atoms with Gasteiger partial charge in [-0.2, -0.15) is 0 Å². The number of benzene rings is 1. The molecule has 0 aliphatic carbocycles. The van der Waals surface area contributed by atoms with Crippen molar-refractivity contribution in [3.05, 3.63) is 28.5 Å². The lowest BCUT2D eigenvalue weighted by Gasteiger charge is -2.25. The van der Waals surface area contributed by atoms with Crippen LogP contribution < -0.4 is 5.73 Å². The first-order valence-electron chi connectivity index (χ1n) is 7.71. The molecule has 2 rings (SSSR count). The van der Waals surface area contributed by atoms with E-state index in [0.717, 1.165) is 35.2 Å². The lowest BCUT2D eigenvalue weighted by molar-refractivity contribution is 0.331. The molecule has 2 aromatic rings. The number of nitrogens with zero attached hydrogens (tertiary/aromatic N) is 2. The summed E-state index contributed by atoms with van der Waals surface area (Å²) in [7, 11) is 0. The van der Waals surface area contributed by atoms with Crippen molar-refractivity contribution >= 4 is 27.0 Å². The van der Waals surface area contributed by atoms with Crippen molar-refractivity contribution in [2.75, 3.05) is 6.54 Å².